The first kappa shape index (κ1) is 19.6. The Bertz CT molecular complexity index is 1200. The molecule has 0 bridgehead atoms. The van der Waals surface area contributed by atoms with Crippen molar-refractivity contribution < 1.29 is 9.18 Å². The van der Waals surface area contributed by atoms with E-state index in [1.807, 2.05) is 44.2 Å². The van der Waals surface area contributed by atoms with Crippen LogP contribution in [0.2, 0.25) is 0 Å². The smallest absolute Gasteiger partial charge is 0.244 e. The summed E-state index contributed by atoms with van der Waals surface area (Å²) in [6, 6.07) is 13.0. The molecule has 0 saturated heterocycles. The van der Waals surface area contributed by atoms with Gasteiger partial charge in [-0.15, -0.1) is 0 Å². The van der Waals surface area contributed by atoms with E-state index < -0.39 is 0 Å². The third kappa shape index (κ3) is 4.03. The number of hydrogen-bond donors (Lipinski definition) is 3. The minimum atomic E-state index is -0.254. The molecule has 0 radical (unpaired) electrons. The number of rotatable bonds is 6. The van der Waals surface area contributed by atoms with Crippen LogP contribution in [-0.4, -0.2) is 27.6 Å². The van der Waals surface area contributed by atoms with Crippen LogP contribution in [0.15, 0.2) is 54.7 Å². The van der Waals surface area contributed by atoms with Gasteiger partial charge in [0.1, 0.15) is 5.82 Å². The van der Waals surface area contributed by atoms with Crippen LogP contribution in [0, 0.1) is 19.7 Å². The molecule has 0 atom stereocenters. The number of amides is 1. The van der Waals surface area contributed by atoms with E-state index in [0.717, 1.165) is 39.0 Å². The molecule has 1 amide bonds. The molecule has 0 aliphatic carbocycles. The van der Waals surface area contributed by atoms with Gasteiger partial charge in [0.05, 0.1) is 11.2 Å². The molecule has 2 aromatic carbocycles. The number of H-pyrrole nitrogens is 2. The lowest BCUT2D eigenvalue weighted by molar-refractivity contribution is -0.116. The van der Waals surface area contributed by atoms with Gasteiger partial charge >= 0.3 is 0 Å². The second kappa shape index (κ2) is 8.37. The van der Waals surface area contributed by atoms with E-state index in [0.29, 0.717) is 18.5 Å². The van der Waals surface area contributed by atoms with Gasteiger partial charge in [-0.05, 0) is 55.2 Å². The first-order valence-electron chi connectivity index (χ1n) is 9.85. The lowest BCUT2D eigenvalue weighted by atomic mass is 10.0. The number of aryl methyl sites for hydroxylation is 2. The van der Waals surface area contributed by atoms with Crippen LogP contribution < -0.4 is 5.32 Å². The zero-order valence-electron chi connectivity index (χ0n) is 16.9. The zero-order chi connectivity index (χ0) is 21.1. The fourth-order valence-electron chi connectivity index (χ4n) is 3.68. The molecule has 30 heavy (non-hydrogen) atoms. The maximum atomic E-state index is 14.1. The van der Waals surface area contributed by atoms with Gasteiger partial charge in [0.15, 0.2) is 0 Å². The van der Waals surface area contributed by atoms with Crippen molar-refractivity contribution in [3.05, 3.63) is 82.9 Å². The number of carbonyl (C=O) groups excluding carboxylic acids is 1. The number of hydrogen-bond acceptors (Lipinski definition) is 2. The first-order chi connectivity index (χ1) is 14.5. The number of nitrogens with one attached hydrogen (secondary N) is 3. The molecule has 2 heterocycles. The summed E-state index contributed by atoms with van der Waals surface area (Å²) in [5, 5.41) is 10.8. The quantitative estimate of drug-likeness (QED) is 0.410. The summed E-state index contributed by atoms with van der Waals surface area (Å²) in [5.41, 5.74) is 6.36. The van der Waals surface area contributed by atoms with Crippen LogP contribution in [0.3, 0.4) is 0 Å². The van der Waals surface area contributed by atoms with Crippen molar-refractivity contribution in [3.8, 4) is 11.3 Å². The summed E-state index contributed by atoms with van der Waals surface area (Å²) in [6.07, 6.45) is 5.72. The largest absolute Gasteiger partial charge is 0.356 e. The molecule has 0 fully saturated rings. The van der Waals surface area contributed by atoms with Crippen molar-refractivity contribution in [1.82, 2.24) is 20.5 Å². The Balaban J connectivity index is 1.36. The minimum absolute atomic E-state index is 0.160. The highest BCUT2D eigenvalue weighted by Crippen LogP contribution is 2.27. The van der Waals surface area contributed by atoms with Crippen molar-refractivity contribution in [2.75, 3.05) is 6.54 Å². The number of aromatic nitrogens is 3. The van der Waals surface area contributed by atoms with E-state index in [9.17, 15) is 9.18 Å². The van der Waals surface area contributed by atoms with Crippen LogP contribution in [0.5, 0.6) is 0 Å². The van der Waals surface area contributed by atoms with Crippen LogP contribution in [0.1, 0.15) is 22.4 Å². The number of benzene rings is 2. The molecule has 0 saturated carbocycles. The molecular weight excluding hydrogens is 379 g/mol. The average molecular weight is 402 g/mol. The number of nitrogens with zero attached hydrogens (tertiary/aromatic N) is 1. The Labute approximate surface area is 174 Å². The molecule has 0 spiro atoms. The van der Waals surface area contributed by atoms with E-state index in [1.165, 1.54) is 12.1 Å². The molecule has 0 aliphatic rings. The molecule has 6 heteroatoms. The summed E-state index contributed by atoms with van der Waals surface area (Å²) < 4.78 is 14.1. The van der Waals surface area contributed by atoms with E-state index in [2.05, 4.69) is 20.5 Å². The van der Waals surface area contributed by atoms with Crippen molar-refractivity contribution in [2.45, 2.75) is 20.3 Å². The lowest BCUT2D eigenvalue weighted by Gasteiger charge is -2.05. The van der Waals surface area contributed by atoms with Crippen LogP contribution in [-0.2, 0) is 11.2 Å². The molecule has 4 aromatic rings. The first-order valence-corrected chi connectivity index (χ1v) is 9.85. The monoisotopic (exact) mass is 402 g/mol. The molecular formula is C24H23FN4O. The van der Waals surface area contributed by atoms with E-state index >= 15 is 0 Å². The predicted molar refractivity (Wildman–Crippen MR) is 118 cm³/mol. The van der Waals surface area contributed by atoms with Gasteiger partial charge in [0.25, 0.3) is 0 Å². The highest BCUT2D eigenvalue weighted by molar-refractivity contribution is 5.92. The van der Waals surface area contributed by atoms with Gasteiger partial charge in [-0.2, -0.15) is 5.10 Å². The summed E-state index contributed by atoms with van der Waals surface area (Å²) in [5.74, 6) is -0.415. The molecule has 2 aromatic heterocycles. The average Bonchev–Trinajstić information content (AvgIpc) is 3.39. The fourth-order valence-corrected chi connectivity index (χ4v) is 3.68. The minimum Gasteiger partial charge on any atom is -0.356 e. The molecule has 4 rings (SSSR count). The fraction of sp³-hybridized carbons (Fsp3) is 0.167. The highest BCUT2D eigenvalue weighted by atomic mass is 19.1. The van der Waals surface area contributed by atoms with Gasteiger partial charge in [0.2, 0.25) is 5.91 Å². The van der Waals surface area contributed by atoms with Crippen molar-refractivity contribution in [3.63, 3.8) is 0 Å². The van der Waals surface area contributed by atoms with Gasteiger partial charge in [-0.25, -0.2) is 4.39 Å². The molecule has 152 valence electrons. The van der Waals surface area contributed by atoms with E-state index in [-0.39, 0.29) is 11.7 Å². The third-order valence-corrected chi connectivity index (χ3v) is 5.24. The SMILES string of the molecule is Cc1[nH]c2c(F)ccc(C)c2c1CCNC(=O)/C=C/c1ccc(-c2cc[nH]n2)cc1. The Morgan fingerprint density at radius 3 is 2.67 bits per heavy atom. The Morgan fingerprint density at radius 2 is 1.93 bits per heavy atom. The van der Waals surface area contributed by atoms with Crippen LogP contribution in [0.25, 0.3) is 28.2 Å². The molecule has 5 nitrogen and oxygen atoms in total. The zero-order valence-corrected chi connectivity index (χ0v) is 16.9. The molecule has 0 unspecified atom stereocenters. The van der Waals surface area contributed by atoms with Crippen LogP contribution >= 0.6 is 0 Å². The predicted octanol–water partition coefficient (Wildman–Crippen LogP) is 4.69. The number of halogens is 1. The van der Waals surface area contributed by atoms with Gasteiger partial charge in [-0.3, -0.25) is 9.89 Å². The molecule has 0 aliphatic heterocycles. The van der Waals surface area contributed by atoms with E-state index in [1.54, 1.807) is 18.3 Å². The van der Waals surface area contributed by atoms with E-state index in [4.69, 9.17) is 0 Å². The van der Waals surface area contributed by atoms with Gasteiger partial charge in [0, 0.05) is 35.5 Å². The number of carbonyl (C=O) groups is 1. The maximum Gasteiger partial charge on any atom is 0.244 e. The Hall–Kier alpha value is -3.67. The summed E-state index contributed by atoms with van der Waals surface area (Å²) in [7, 11) is 0. The second-order valence-electron chi connectivity index (χ2n) is 7.30. The second-order valence-corrected chi connectivity index (χ2v) is 7.30. The van der Waals surface area contributed by atoms with Crippen molar-refractivity contribution in [1.29, 1.82) is 0 Å². The highest BCUT2D eigenvalue weighted by Gasteiger charge is 2.13. The van der Waals surface area contributed by atoms with Crippen molar-refractivity contribution in [2.24, 2.45) is 0 Å². The number of aromatic amines is 2. The van der Waals surface area contributed by atoms with Crippen molar-refractivity contribution >= 4 is 22.9 Å². The topological polar surface area (TPSA) is 73.6 Å². The summed E-state index contributed by atoms with van der Waals surface area (Å²) >= 11 is 0. The Morgan fingerprint density at radius 1 is 1.13 bits per heavy atom. The number of fused-ring (bicyclic) bond motifs is 1. The third-order valence-electron chi connectivity index (χ3n) is 5.24. The lowest BCUT2D eigenvalue weighted by Crippen LogP contribution is -2.23. The molecule has 3 N–H and O–H groups in total. The van der Waals surface area contributed by atoms with Crippen LogP contribution in [0.4, 0.5) is 4.39 Å². The van der Waals surface area contributed by atoms with Gasteiger partial charge in [-0.1, -0.05) is 30.3 Å². The standard InChI is InChI=1S/C24H23FN4O/c1-15-3-9-20(25)24-23(15)19(16(2)28-24)11-13-26-22(30)10-6-17-4-7-18(8-5-17)21-12-14-27-29-21/h3-10,12,14,28H,11,13H2,1-2H3,(H,26,30)(H,27,29)/b10-6+. The maximum absolute atomic E-state index is 14.1. The summed E-state index contributed by atoms with van der Waals surface area (Å²) in [4.78, 5) is 15.3. The Kier molecular flexibility index (Phi) is 5.48. The normalized spacial score (nSPS) is 11.4. The summed E-state index contributed by atoms with van der Waals surface area (Å²) in [6.45, 7) is 4.38. The van der Waals surface area contributed by atoms with Gasteiger partial charge < -0.3 is 10.3 Å².